The SMILES string of the molecule is CCSCc1ccc(C(=O)Nc2cc(OC)c(OC)cc2C(=O)N2CCCC2)cc1. The van der Waals surface area contributed by atoms with Crippen LogP contribution in [0.5, 0.6) is 11.5 Å². The van der Waals surface area contributed by atoms with Crippen LogP contribution in [-0.2, 0) is 5.75 Å². The van der Waals surface area contributed by atoms with Crippen LogP contribution in [0.15, 0.2) is 36.4 Å². The maximum Gasteiger partial charge on any atom is 0.256 e. The zero-order valence-electron chi connectivity index (χ0n) is 17.7. The van der Waals surface area contributed by atoms with Gasteiger partial charge in [0.25, 0.3) is 11.8 Å². The van der Waals surface area contributed by atoms with Crippen LogP contribution in [0.1, 0.15) is 46.0 Å². The van der Waals surface area contributed by atoms with Gasteiger partial charge in [0.05, 0.1) is 25.5 Å². The van der Waals surface area contributed by atoms with Crippen LogP contribution in [0.3, 0.4) is 0 Å². The van der Waals surface area contributed by atoms with Crippen LogP contribution < -0.4 is 14.8 Å². The highest BCUT2D eigenvalue weighted by molar-refractivity contribution is 7.98. The van der Waals surface area contributed by atoms with Gasteiger partial charge < -0.3 is 19.7 Å². The highest BCUT2D eigenvalue weighted by atomic mass is 32.2. The predicted molar refractivity (Wildman–Crippen MR) is 121 cm³/mol. The standard InChI is InChI=1S/C23H28N2O4S/c1-4-30-15-16-7-9-17(10-8-16)22(26)24-19-14-21(29-3)20(28-2)13-18(19)23(27)25-11-5-6-12-25/h7-10,13-14H,4-6,11-12,15H2,1-3H3,(H,24,26). The smallest absolute Gasteiger partial charge is 0.256 e. The number of nitrogens with zero attached hydrogens (tertiary/aromatic N) is 1. The number of hydrogen-bond acceptors (Lipinski definition) is 5. The maximum absolute atomic E-state index is 13.1. The number of ether oxygens (including phenoxy) is 2. The molecule has 0 spiro atoms. The first kappa shape index (κ1) is 22.0. The molecule has 30 heavy (non-hydrogen) atoms. The first-order chi connectivity index (χ1) is 14.6. The molecule has 6 nitrogen and oxygen atoms in total. The normalized spacial score (nSPS) is 13.2. The summed E-state index contributed by atoms with van der Waals surface area (Å²) in [6, 6.07) is 10.8. The first-order valence-corrected chi connectivity index (χ1v) is 11.3. The van der Waals surface area contributed by atoms with Crippen molar-refractivity contribution in [2.45, 2.75) is 25.5 Å². The van der Waals surface area contributed by atoms with E-state index in [4.69, 9.17) is 9.47 Å². The molecule has 0 radical (unpaired) electrons. The van der Waals surface area contributed by atoms with Crippen LogP contribution >= 0.6 is 11.8 Å². The van der Waals surface area contributed by atoms with Crippen molar-refractivity contribution >= 4 is 29.3 Å². The fourth-order valence-corrected chi connectivity index (χ4v) is 4.05. The highest BCUT2D eigenvalue weighted by Crippen LogP contribution is 2.34. The minimum absolute atomic E-state index is 0.115. The number of anilines is 1. The third-order valence-electron chi connectivity index (χ3n) is 5.08. The van der Waals surface area contributed by atoms with Crippen LogP contribution in [0.4, 0.5) is 5.69 Å². The van der Waals surface area contributed by atoms with Crippen molar-refractivity contribution in [1.29, 1.82) is 0 Å². The van der Waals surface area contributed by atoms with E-state index in [1.54, 1.807) is 17.0 Å². The Hall–Kier alpha value is -2.67. The Kier molecular flexibility index (Phi) is 7.63. The van der Waals surface area contributed by atoms with Crippen molar-refractivity contribution < 1.29 is 19.1 Å². The van der Waals surface area contributed by atoms with Gasteiger partial charge in [0, 0.05) is 30.5 Å². The van der Waals surface area contributed by atoms with E-state index in [1.807, 2.05) is 36.0 Å². The minimum Gasteiger partial charge on any atom is -0.493 e. The number of methoxy groups -OCH3 is 2. The van der Waals surface area contributed by atoms with Gasteiger partial charge in [-0.05, 0) is 42.4 Å². The molecule has 0 aliphatic carbocycles. The number of nitrogens with one attached hydrogen (secondary N) is 1. The van der Waals surface area contributed by atoms with E-state index >= 15 is 0 Å². The monoisotopic (exact) mass is 428 g/mol. The second-order valence-corrected chi connectivity index (χ2v) is 8.31. The van der Waals surface area contributed by atoms with Crippen molar-refractivity contribution in [3.8, 4) is 11.5 Å². The number of amides is 2. The van der Waals surface area contributed by atoms with Crippen molar-refractivity contribution in [3.63, 3.8) is 0 Å². The van der Waals surface area contributed by atoms with Crippen molar-refractivity contribution in [3.05, 3.63) is 53.1 Å². The van der Waals surface area contributed by atoms with Gasteiger partial charge >= 0.3 is 0 Å². The number of benzene rings is 2. The van der Waals surface area contributed by atoms with E-state index in [-0.39, 0.29) is 11.8 Å². The van der Waals surface area contributed by atoms with Gasteiger partial charge in [-0.1, -0.05) is 19.1 Å². The molecule has 1 heterocycles. The molecule has 1 N–H and O–H groups in total. The summed E-state index contributed by atoms with van der Waals surface area (Å²) >= 11 is 1.83. The molecule has 2 aromatic rings. The first-order valence-electron chi connectivity index (χ1n) is 10.1. The van der Waals surface area contributed by atoms with E-state index < -0.39 is 0 Å². The second-order valence-electron chi connectivity index (χ2n) is 7.04. The van der Waals surface area contributed by atoms with Crippen LogP contribution in [-0.4, -0.2) is 49.8 Å². The van der Waals surface area contributed by atoms with E-state index in [0.717, 1.165) is 37.4 Å². The molecular weight excluding hydrogens is 400 g/mol. The van der Waals surface area contributed by atoms with Gasteiger partial charge in [-0.3, -0.25) is 9.59 Å². The van der Waals surface area contributed by atoms with Crippen LogP contribution in [0, 0.1) is 0 Å². The fourth-order valence-electron chi connectivity index (χ4n) is 3.42. The molecule has 7 heteroatoms. The molecule has 0 unspecified atom stereocenters. The quantitative estimate of drug-likeness (QED) is 0.673. The third-order valence-corrected chi connectivity index (χ3v) is 6.03. The lowest BCUT2D eigenvalue weighted by molar-refractivity contribution is 0.0793. The summed E-state index contributed by atoms with van der Waals surface area (Å²) in [5, 5.41) is 2.89. The molecule has 1 aliphatic rings. The van der Waals surface area contributed by atoms with Gasteiger partial charge in [-0.15, -0.1) is 0 Å². The average molecular weight is 429 g/mol. The summed E-state index contributed by atoms with van der Waals surface area (Å²) in [6.07, 6.45) is 1.98. The number of carbonyl (C=O) groups excluding carboxylic acids is 2. The molecule has 0 atom stereocenters. The van der Waals surface area contributed by atoms with E-state index in [0.29, 0.717) is 28.3 Å². The van der Waals surface area contributed by atoms with E-state index in [9.17, 15) is 9.59 Å². The van der Waals surface area contributed by atoms with Gasteiger partial charge in [-0.2, -0.15) is 11.8 Å². The Labute approximate surface area is 181 Å². The van der Waals surface area contributed by atoms with Crippen LogP contribution in [0.2, 0.25) is 0 Å². The number of hydrogen-bond donors (Lipinski definition) is 1. The number of carbonyl (C=O) groups is 2. The predicted octanol–water partition coefficient (Wildman–Crippen LogP) is 4.45. The lowest BCUT2D eigenvalue weighted by Gasteiger charge is -2.20. The van der Waals surface area contributed by atoms with Crippen molar-refractivity contribution in [1.82, 2.24) is 4.90 Å². The topological polar surface area (TPSA) is 67.9 Å². The Balaban J connectivity index is 1.87. The molecule has 3 rings (SSSR count). The zero-order chi connectivity index (χ0) is 21.5. The van der Waals surface area contributed by atoms with Gasteiger partial charge in [0.15, 0.2) is 11.5 Å². The summed E-state index contributed by atoms with van der Waals surface area (Å²) in [7, 11) is 3.05. The third kappa shape index (κ3) is 5.08. The summed E-state index contributed by atoms with van der Waals surface area (Å²) in [5.41, 5.74) is 2.53. The number of rotatable bonds is 8. The molecule has 160 valence electrons. The number of thioether (sulfide) groups is 1. The summed E-state index contributed by atoms with van der Waals surface area (Å²) in [6.45, 7) is 3.56. The Bertz CT molecular complexity index is 893. The lowest BCUT2D eigenvalue weighted by Crippen LogP contribution is -2.29. The molecule has 1 aliphatic heterocycles. The molecule has 2 aromatic carbocycles. The molecule has 0 aromatic heterocycles. The zero-order valence-corrected chi connectivity index (χ0v) is 18.5. The minimum atomic E-state index is -0.271. The van der Waals surface area contributed by atoms with Gasteiger partial charge in [-0.25, -0.2) is 0 Å². The Morgan fingerprint density at radius 1 is 1.03 bits per heavy atom. The average Bonchev–Trinajstić information content (AvgIpc) is 3.32. The van der Waals surface area contributed by atoms with Crippen molar-refractivity contribution in [2.24, 2.45) is 0 Å². The Morgan fingerprint density at radius 3 is 2.27 bits per heavy atom. The summed E-state index contributed by atoms with van der Waals surface area (Å²) < 4.78 is 10.7. The molecule has 0 saturated carbocycles. The van der Waals surface area contributed by atoms with Crippen molar-refractivity contribution in [2.75, 3.05) is 38.4 Å². The second kappa shape index (κ2) is 10.4. The van der Waals surface area contributed by atoms with E-state index in [1.165, 1.54) is 19.8 Å². The van der Waals surface area contributed by atoms with Gasteiger partial charge in [0.2, 0.25) is 0 Å². The summed E-state index contributed by atoms with van der Waals surface area (Å²) in [4.78, 5) is 27.8. The fraction of sp³-hybridized carbons (Fsp3) is 0.391. The molecular formula is C23H28N2O4S. The number of likely N-dealkylation sites (tertiary alicyclic amines) is 1. The molecule has 0 bridgehead atoms. The molecule has 1 saturated heterocycles. The van der Waals surface area contributed by atoms with Gasteiger partial charge in [0.1, 0.15) is 0 Å². The summed E-state index contributed by atoms with van der Waals surface area (Å²) in [5.74, 6) is 2.49. The Morgan fingerprint density at radius 2 is 1.67 bits per heavy atom. The molecule has 1 fully saturated rings. The highest BCUT2D eigenvalue weighted by Gasteiger charge is 2.25. The maximum atomic E-state index is 13.1. The van der Waals surface area contributed by atoms with Crippen LogP contribution in [0.25, 0.3) is 0 Å². The largest absolute Gasteiger partial charge is 0.493 e. The van der Waals surface area contributed by atoms with E-state index in [2.05, 4.69) is 12.2 Å². The molecule has 2 amide bonds. The lowest BCUT2D eigenvalue weighted by atomic mass is 10.1.